The topological polar surface area (TPSA) is 101 Å². The van der Waals surface area contributed by atoms with Crippen molar-refractivity contribution in [3.63, 3.8) is 0 Å². The van der Waals surface area contributed by atoms with Crippen molar-refractivity contribution in [2.45, 2.75) is 56.4 Å². The van der Waals surface area contributed by atoms with Gasteiger partial charge >= 0.3 is 11.9 Å². The molecule has 5 nitrogen and oxygen atoms in total. The van der Waals surface area contributed by atoms with Crippen LogP contribution in [0.1, 0.15) is 55.6 Å². The molecule has 2 fully saturated rings. The van der Waals surface area contributed by atoms with Crippen LogP contribution in [0.5, 0.6) is 0 Å². The molecule has 3 rings (SSSR count). The Labute approximate surface area is 141 Å². The summed E-state index contributed by atoms with van der Waals surface area (Å²) in [5.41, 5.74) is 7.08. The van der Waals surface area contributed by atoms with Gasteiger partial charge in [-0.3, -0.25) is 9.59 Å². The lowest BCUT2D eigenvalue weighted by molar-refractivity contribution is -0.145. The van der Waals surface area contributed by atoms with Gasteiger partial charge in [0.15, 0.2) is 0 Å². The van der Waals surface area contributed by atoms with Gasteiger partial charge < -0.3 is 15.9 Å². The van der Waals surface area contributed by atoms with Gasteiger partial charge in [0.2, 0.25) is 0 Å². The highest BCUT2D eigenvalue weighted by Crippen LogP contribution is 2.47. The molecule has 3 atom stereocenters. The van der Waals surface area contributed by atoms with Gasteiger partial charge in [-0.05, 0) is 49.1 Å². The average molecular weight is 331 g/mol. The summed E-state index contributed by atoms with van der Waals surface area (Å²) in [7, 11) is 0. The molecule has 1 aromatic rings. The molecule has 130 valence electrons. The van der Waals surface area contributed by atoms with Gasteiger partial charge in [0.1, 0.15) is 5.54 Å². The third-order valence-electron chi connectivity index (χ3n) is 5.77. The van der Waals surface area contributed by atoms with Crippen molar-refractivity contribution < 1.29 is 19.8 Å². The van der Waals surface area contributed by atoms with Crippen molar-refractivity contribution in [3.8, 4) is 0 Å². The zero-order valence-electron chi connectivity index (χ0n) is 13.8. The highest BCUT2D eigenvalue weighted by atomic mass is 16.4. The number of aliphatic carboxylic acids is 2. The Kier molecular flexibility index (Phi) is 4.63. The monoisotopic (exact) mass is 331 g/mol. The molecule has 0 heterocycles. The lowest BCUT2D eigenvalue weighted by atomic mass is 9.85. The molecule has 1 aromatic carbocycles. The van der Waals surface area contributed by atoms with Crippen molar-refractivity contribution in [2.24, 2.45) is 17.6 Å². The molecule has 0 aliphatic heterocycles. The van der Waals surface area contributed by atoms with Gasteiger partial charge in [-0.15, -0.1) is 0 Å². The Bertz CT molecular complexity index is 638. The Morgan fingerprint density at radius 3 is 2.50 bits per heavy atom. The minimum absolute atomic E-state index is 0.269. The van der Waals surface area contributed by atoms with Crippen LogP contribution in [0.15, 0.2) is 24.3 Å². The molecule has 5 heteroatoms. The molecule has 0 aromatic heterocycles. The second kappa shape index (κ2) is 6.55. The Balaban J connectivity index is 1.68. The van der Waals surface area contributed by atoms with Crippen LogP contribution >= 0.6 is 0 Å². The van der Waals surface area contributed by atoms with Crippen LogP contribution in [-0.2, 0) is 16.0 Å². The van der Waals surface area contributed by atoms with E-state index in [1.165, 1.54) is 31.2 Å². The van der Waals surface area contributed by atoms with Crippen LogP contribution < -0.4 is 5.73 Å². The maximum absolute atomic E-state index is 11.7. The van der Waals surface area contributed by atoms with Gasteiger partial charge in [-0.1, -0.05) is 37.1 Å². The normalized spacial score (nSPS) is 26.0. The number of carboxylic acid groups (broad SMARTS) is 2. The van der Waals surface area contributed by atoms with Gasteiger partial charge in [0.05, 0.1) is 5.92 Å². The molecular formula is C19H25NO4. The van der Waals surface area contributed by atoms with Crippen LogP contribution in [-0.4, -0.2) is 27.7 Å². The van der Waals surface area contributed by atoms with E-state index >= 15 is 0 Å². The lowest BCUT2D eigenvalue weighted by Gasteiger charge is -2.25. The Morgan fingerprint density at radius 1 is 1.21 bits per heavy atom. The number of aryl methyl sites for hydroxylation is 1. The van der Waals surface area contributed by atoms with E-state index in [0.29, 0.717) is 18.8 Å². The van der Waals surface area contributed by atoms with E-state index in [1.807, 2.05) is 12.1 Å². The molecule has 1 unspecified atom stereocenters. The fourth-order valence-corrected chi connectivity index (χ4v) is 4.10. The summed E-state index contributed by atoms with van der Waals surface area (Å²) < 4.78 is 0. The summed E-state index contributed by atoms with van der Waals surface area (Å²) in [5.74, 6) is -2.50. The summed E-state index contributed by atoms with van der Waals surface area (Å²) in [6.45, 7) is 0. The van der Waals surface area contributed by atoms with Crippen LogP contribution in [0.4, 0.5) is 0 Å². The first-order valence-corrected chi connectivity index (χ1v) is 8.75. The minimum Gasteiger partial charge on any atom is -0.481 e. The van der Waals surface area contributed by atoms with Gasteiger partial charge in [0, 0.05) is 5.92 Å². The summed E-state index contributed by atoms with van der Waals surface area (Å²) in [4.78, 5) is 22.7. The molecule has 4 N–H and O–H groups in total. The lowest BCUT2D eigenvalue weighted by Crippen LogP contribution is -2.51. The highest BCUT2D eigenvalue weighted by Gasteiger charge is 2.57. The SMILES string of the molecule is N[C@@](CCc1cccc(C2CCCC2)c1)(C(=O)O)C1C[C@@H]1C(=O)O. The first-order chi connectivity index (χ1) is 11.4. The van der Waals surface area contributed by atoms with E-state index in [2.05, 4.69) is 12.1 Å². The van der Waals surface area contributed by atoms with E-state index in [9.17, 15) is 14.7 Å². The van der Waals surface area contributed by atoms with Crippen LogP contribution in [0.2, 0.25) is 0 Å². The third-order valence-corrected chi connectivity index (χ3v) is 5.77. The first kappa shape index (κ1) is 17.0. The largest absolute Gasteiger partial charge is 0.481 e. The summed E-state index contributed by atoms with van der Waals surface area (Å²) in [5, 5.41) is 18.6. The molecule has 0 amide bonds. The van der Waals surface area contributed by atoms with Crippen molar-refractivity contribution in [3.05, 3.63) is 35.4 Å². The second-order valence-corrected chi connectivity index (χ2v) is 7.36. The number of nitrogens with two attached hydrogens (primary N) is 1. The number of rotatable bonds is 7. The maximum atomic E-state index is 11.7. The fourth-order valence-electron chi connectivity index (χ4n) is 4.10. The average Bonchev–Trinajstić information content (AvgIpc) is 3.20. The number of carboxylic acids is 2. The molecule has 2 aliphatic carbocycles. The Hall–Kier alpha value is -1.88. The van der Waals surface area contributed by atoms with E-state index in [0.717, 1.165) is 5.56 Å². The summed E-state index contributed by atoms with van der Waals surface area (Å²) in [6, 6.07) is 8.34. The molecule has 0 saturated heterocycles. The highest BCUT2D eigenvalue weighted by molar-refractivity contribution is 5.83. The molecule has 0 spiro atoms. The number of carbonyl (C=O) groups is 2. The minimum atomic E-state index is -1.45. The van der Waals surface area contributed by atoms with Crippen LogP contribution in [0, 0.1) is 11.8 Å². The van der Waals surface area contributed by atoms with E-state index < -0.39 is 29.3 Å². The molecule has 2 saturated carbocycles. The zero-order valence-corrected chi connectivity index (χ0v) is 13.8. The smallest absolute Gasteiger partial charge is 0.324 e. The quantitative estimate of drug-likeness (QED) is 0.713. The van der Waals surface area contributed by atoms with E-state index in [-0.39, 0.29) is 6.42 Å². The fraction of sp³-hybridized carbons (Fsp3) is 0.579. The Morgan fingerprint density at radius 2 is 1.92 bits per heavy atom. The number of hydrogen-bond donors (Lipinski definition) is 3. The predicted octanol–water partition coefficient (Wildman–Crippen LogP) is 2.78. The van der Waals surface area contributed by atoms with E-state index in [4.69, 9.17) is 10.8 Å². The van der Waals surface area contributed by atoms with Crippen molar-refractivity contribution in [1.82, 2.24) is 0 Å². The van der Waals surface area contributed by atoms with Gasteiger partial charge in [-0.25, -0.2) is 0 Å². The van der Waals surface area contributed by atoms with Gasteiger partial charge in [-0.2, -0.15) is 0 Å². The molecular weight excluding hydrogens is 306 g/mol. The van der Waals surface area contributed by atoms with Crippen LogP contribution in [0.25, 0.3) is 0 Å². The zero-order chi connectivity index (χ0) is 17.3. The second-order valence-electron chi connectivity index (χ2n) is 7.36. The van der Waals surface area contributed by atoms with Gasteiger partial charge in [0.25, 0.3) is 0 Å². The third kappa shape index (κ3) is 3.31. The first-order valence-electron chi connectivity index (χ1n) is 8.75. The maximum Gasteiger partial charge on any atom is 0.324 e. The summed E-state index contributed by atoms with van der Waals surface area (Å²) in [6.07, 6.45) is 6.19. The molecule has 24 heavy (non-hydrogen) atoms. The number of benzene rings is 1. The van der Waals surface area contributed by atoms with Crippen molar-refractivity contribution >= 4 is 11.9 Å². The number of hydrogen-bond acceptors (Lipinski definition) is 3. The molecule has 2 aliphatic rings. The predicted molar refractivity (Wildman–Crippen MR) is 89.8 cm³/mol. The van der Waals surface area contributed by atoms with Crippen molar-refractivity contribution in [1.29, 1.82) is 0 Å². The van der Waals surface area contributed by atoms with Crippen LogP contribution in [0.3, 0.4) is 0 Å². The molecule has 0 bridgehead atoms. The molecule has 0 radical (unpaired) electrons. The van der Waals surface area contributed by atoms with E-state index in [1.54, 1.807) is 0 Å². The van der Waals surface area contributed by atoms with Crippen molar-refractivity contribution in [2.75, 3.05) is 0 Å². The summed E-state index contributed by atoms with van der Waals surface area (Å²) >= 11 is 0. The standard InChI is InChI=1S/C19H25NO4/c20-19(18(23)24,16-11-15(16)17(21)22)9-8-12-4-3-7-14(10-12)13-5-1-2-6-13/h3-4,7,10,13,15-16H,1-2,5-6,8-9,11,20H2,(H,21,22)(H,23,24)/t15-,16?,19+/m0/s1.